The van der Waals surface area contributed by atoms with Crippen LogP contribution in [0.3, 0.4) is 0 Å². The van der Waals surface area contributed by atoms with E-state index in [4.69, 9.17) is 10.5 Å². The number of nitrogens with one attached hydrogen (secondary N) is 1. The Morgan fingerprint density at radius 2 is 2.21 bits per heavy atom. The number of fused-ring (bicyclic) bond motifs is 1. The Bertz CT molecular complexity index is 506. The molecule has 1 aliphatic rings. The minimum atomic E-state index is -0.0801. The van der Waals surface area contributed by atoms with E-state index in [9.17, 15) is 0 Å². The van der Waals surface area contributed by atoms with Crippen LogP contribution in [0.15, 0.2) is 21.6 Å². The number of nitrogens with two attached hydrogens (primary N) is 1. The molecule has 0 aromatic heterocycles. The monoisotopic (exact) mass is 325 g/mol. The van der Waals surface area contributed by atoms with E-state index in [1.807, 2.05) is 6.07 Å². The highest BCUT2D eigenvalue weighted by Gasteiger charge is 2.17. The molecule has 0 spiro atoms. The van der Waals surface area contributed by atoms with Crippen molar-refractivity contribution in [1.82, 2.24) is 5.32 Å². The standard InChI is InChI=1S/C14H20BrN3O/c1-14(2,3)18-13(16)17-8-10-7-11(15)6-9-4-5-19-12(9)10/h6-7H,4-5,8H2,1-3H3,(H3,16,17,18). The number of guanidine groups is 1. The van der Waals surface area contributed by atoms with Crippen LogP contribution in [0.1, 0.15) is 31.9 Å². The van der Waals surface area contributed by atoms with Crippen LogP contribution in [0.5, 0.6) is 5.75 Å². The Balaban J connectivity index is 2.14. The fourth-order valence-electron chi connectivity index (χ4n) is 2.06. The van der Waals surface area contributed by atoms with Crippen LogP contribution in [0.4, 0.5) is 0 Å². The molecule has 19 heavy (non-hydrogen) atoms. The van der Waals surface area contributed by atoms with Gasteiger partial charge in [-0.15, -0.1) is 0 Å². The third-order valence-corrected chi connectivity index (χ3v) is 3.21. The summed E-state index contributed by atoms with van der Waals surface area (Å²) in [5.74, 6) is 1.43. The smallest absolute Gasteiger partial charge is 0.189 e. The number of hydrogen-bond acceptors (Lipinski definition) is 2. The molecule has 1 aromatic carbocycles. The average Bonchev–Trinajstić information content (AvgIpc) is 2.71. The molecule has 0 atom stereocenters. The van der Waals surface area contributed by atoms with Crippen LogP contribution < -0.4 is 15.8 Å². The molecule has 4 nitrogen and oxygen atoms in total. The van der Waals surface area contributed by atoms with Crippen molar-refractivity contribution >= 4 is 21.9 Å². The van der Waals surface area contributed by atoms with E-state index in [2.05, 4.69) is 53.1 Å². The zero-order valence-corrected chi connectivity index (χ0v) is 13.2. The minimum Gasteiger partial charge on any atom is -0.493 e. The van der Waals surface area contributed by atoms with E-state index in [0.717, 1.165) is 28.8 Å². The minimum absolute atomic E-state index is 0.0801. The number of hydrogen-bond donors (Lipinski definition) is 2. The quantitative estimate of drug-likeness (QED) is 0.649. The first kappa shape index (κ1) is 14.2. The van der Waals surface area contributed by atoms with Gasteiger partial charge >= 0.3 is 0 Å². The normalized spacial score (nSPS) is 15.1. The summed E-state index contributed by atoms with van der Waals surface area (Å²) in [5, 5.41) is 3.15. The van der Waals surface area contributed by atoms with Crippen LogP contribution in [0.2, 0.25) is 0 Å². The summed E-state index contributed by atoms with van der Waals surface area (Å²) in [6.45, 7) is 7.43. The molecule has 0 fully saturated rings. The molecule has 2 rings (SSSR count). The zero-order valence-electron chi connectivity index (χ0n) is 11.6. The van der Waals surface area contributed by atoms with Gasteiger partial charge in [-0.25, -0.2) is 4.99 Å². The van der Waals surface area contributed by atoms with E-state index in [1.165, 1.54) is 5.56 Å². The summed E-state index contributed by atoms with van der Waals surface area (Å²) in [6.07, 6.45) is 0.960. The van der Waals surface area contributed by atoms with Gasteiger partial charge in [0.2, 0.25) is 0 Å². The third kappa shape index (κ3) is 3.86. The number of benzene rings is 1. The van der Waals surface area contributed by atoms with Crippen LogP contribution in [0.25, 0.3) is 0 Å². The summed E-state index contributed by atoms with van der Waals surface area (Å²) in [7, 11) is 0. The van der Waals surface area contributed by atoms with Crippen molar-refractivity contribution in [1.29, 1.82) is 0 Å². The number of ether oxygens (including phenoxy) is 1. The highest BCUT2D eigenvalue weighted by Crippen LogP contribution is 2.33. The molecule has 0 aliphatic carbocycles. The van der Waals surface area contributed by atoms with Gasteiger partial charge in [0.25, 0.3) is 0 Å². The van der Waals surface area contributed by atoms with E-state index >= 15 is 0 Å². The number of aliphatic imine (C=N–C) groups is 1. The van der Waals surface area contributed by atoms with Crippen molar-refractivity contribution in [2.45, 2.75) is 39.3 Å². The molecule has 1 aliphatic heterocycles. The van der Waals surface area contributed by atoms with Crippen molar-refractivity contribution in [3.05, 3.63) is 27.7 Å². The van der Waals surface area contributed by atoms with Gasteiger partial charge in [0.1, 0.15) is 5.75 Å². The molecule has 1 heterocycles. The summed E-state index contributed by atoms with van der Waals surface area (Å²) in [6, 6.07) is 4.14. The predicted octanol–water partition coefficient (Wildman–Crippen LogP) is 2.59. The second-order valence-corrected chi connectivity index (χ2v) is 6.64. The highest BCUT2D eigenvalue weighted by molar-refractivity contribution is 9.10. The van der Waals surface area contributed by atoms with Gasteiger partial charge < -0.3 is 15.8 Å². The van der Waals surface area contributed by atoms with Gasteiger partial charge in [-0.1, -0.05) is 15.9 Å². The largest absolute Gasteiger partial charge is 0.493 e. The van der Waals surface area contributed by atoms with Gasteiger partial charge in [-0.3, -0.25) is 0 Å². The molecule has 0 saturated heterocycles. The molecular weight excluding hydrogens is 306 g/mol. The van der Waals surface area contributed by atoms with Crippen molar-refractivity contribution in [2.24, 2.45) is 10.7 Å². The maximum Gasteiger partial charge on any atom is 0.189 e. The van der Waals surface area contributed by atoms with E-state index in [1.54, 1.807) is 0 Å². The van der Waals surface area contributed by atoms with Crippen LogP contribution >= 0.6 is 15.9 Å². The average molecular weight is 326 g/mol. The second kappa shape index (κ2) is 5.41. The SMILES string of the molecule is CC(C)(C)NC(N)=NCc1cc(Br)cc2c1OCC2. The van der Waals surface area contributed by atoms with Gasteiger partial charge in [-0.2, -0.15) is 0 Å². The molecule has 0 unspecified atom stereocenters. The molecule has 0 amide bonds. The molecule has 5 heteroatoms. The fourth-order valence-corrected chi connectivity index (χ4v) is 2.61. The molecule has 0 bridgehead atoms. The van der Waals surface area contributed by atoms with E-state index < -0.39 is 0 Å². The lowest BCUT2D eigenvalue weighted by atomic mass is 10.1. The first-order valence-corrected chi connectivity index (χ1v) is 7.17. The molecular formula is C14H20BrN3O. The van der Waals surface area contributed by atoms with Crippen molar-refractivity contribution in [2.75, 3.05) is 6.61 Å². The second-order valence-electron chi connectivity index (χ2n) is 5.73. The Kier molecular flexibility index (Phi) is 4.04. The Morgan fingerprint density at radius 1 is 1.47 bits per heavy atom. The molecule has 1 aromatic rings. The maximum absolute atomic E-state index is 5.88. The Morgan fingerprint density at radius 3 is 2.89 bits per heavy atom. The van der Waals surface area contributed by atoms with Crippen molar-refractivity contribution < 1.29 is 4.74 Å². The third-order valence-electron chi connectivity index (χ3n) is 2.75. The van der Waals surface area contributed by atoms with Crippen LogP contribution in [0, 0.1) is 0 Å². The highest BCUT2D eigenvalue weighted by atomic mass is 79.9. The van der Waals surface area contributed by atoms with Gasteiger partial charge in [-0.05, 0) is 38.5 Å². The fraction of sp³-hybridized carbons (Fsp3) is 0.500. The lowest BCUT2D eigenvalue weighted by molar-refractivity contribution is 0.353. The molecule has 0 radical (unpaired) electrons. The summed E-state index contributed by atoms with van der Waals surface area (Å²) < 4.78 is 6.73. The van der Waals surface area contributed by atoms with Crippen LogP contribution in [-0.4, -0.2) is 18.1 Å². The predicted molar refractivity (Wildman–Crippen MR) is 81.6 cm³/mol. The molecule has 104 valence electrons. The van der Waals surface area contributed by atoms with Crippen molar-refractivity contribution in [3.63, 3.8) is 0 Å². The first-order chi connectivity index (χ1) is 8.85. The maximum atomic E-state index is 5.88. The Labute approximate surface area is 122 Å². The van der Waals surface area contributed by atoms with Crippen LogP contribution in [-0.2, 0) is 13.0 Å². The number of nitrogens with zero attached hydrogens (tertiary/aromatic N) is 1. The van der Waals surface area contributed by atoms with Gasteiger partial charge in [0.15, 0.2) is 5.96 Å². The lowest BCUT2D eigenvalue weighted by Gasteiger charge is -2.21. The van der Waals surface area contributed by atoms with Gasteiger partial charge in [0.05, 0.1) is 13.2 Å². The molecule has 0 saturated carbocycles. The van der Waals surface area contributed by atoms with E-state index in [0.29, 0.717) is 12.5 Å². The van der Waals surface area contributed by atoms with Crippen molar-refractivity contribution in [3.8, 4) is 5.75 Å². The zero-order chi connectivity index (χ0) is 14.0. The number of halogens is 1. The molecule has 3 N–H and O–H groups in total. The van der Waals surface area contributed by atoms with Gasteiger partial charge in [0, 0.05) is 22.0 Å². The first-order valence-electron chi connectivity index (χ1n) is 6.37. The Hall–Kier alpha value is -1.23. The summed E-state index contributed by atoms with van der Waals surface area (Å²) in [5.41, 5.74) is 8.11. The summed E-state index contributed by atoms with van der Waals surface area (Å²) >= 11 is 3.52. The lowest BCUT2D eigenvalue weighted by Crippen LogP contribution is -2.44. The summed E-state index contributed by atoms with van der Waals surface area (Å²) in [4.78, 5) is 4.38. The van der Waals surface area contributed by atoms with E-state index in [-0.39, 0.29) is 5.54 Å². The number of rotatable bonds is 2. The topological polar surface area (TPSA) is 59.6 Å².